The van der Waals surface area contributed by atoms with Crippen LogP contribution in [0.5, 0.6) is 5.75 Å². The molecular formula is C21H21ClFNO3. The molecule has 2 aliphatic rings. The molecule has 1 fully saturated rings. The molecule has 2 heterocycles. The first-order valence-electron chi connectivity index (χ1n) is 9.08. The molecule has 1 amide bonds. The van der Waals surface area contributed by atoms with E-state index in [0.717, 1.165) is 25.0 Å². The topological polar surface area (TPSA) is 38.8 Å². The third-order valence-electron chi connectivity index (χ3n) is 5.57. The van der Waals surface area contributed by atoms with Gasteiger partial charge in [-0.1, -0.05) is 17.7 Å². The number of methoxy groups -OCH3 is 1. The molecule has 0 N–H and O–H groups in total. The van der Waals surface area contributed by atoms with Crippen LogP contribution >= 0.6 is 11.6 Å². The van der Waals surface area contributed by atoms with Gasteiger partial charge in [0.05, 0.1) is 29.9 Å². The van der Waals surface area contributed by atoms with Crippen LogP contribution in [0.15, 0.2) is 36.4 Å². The number of halogens is 2. The molecule has 2 aromatic carbocycles. The Kier molecular flexibility index (Phi) is 4.82. The highest BCUT2D eigenvalue weighted by Gasteiger charge is 2.42. The van der Waals surface area contributed by atoms with Crippen LogP contribution in [0.25, 0.3) is 0 Å². The molecular weight excluding hydrogens is 369 g/mol. The zero-order valence-electron chi connectivity index (χ0n) is 15.1. The van der Waals surface area contributed by atoms with Gasteiger partial charge < -0.3 is 14.4 Å². The van der Waals surface area contributed by atoms with Crippen molar-refractivity contribution in [3.8, 4) is 5.75 Å². The molecule has 2 aliphatic heterocycles. The van der Waals surface area contributed by atoms with E-state index >= 15 is 0 Å². The van der Waals surface area contributed by atoms with E-state index < -0.39 is 5.82 Å². The first-order valence-corrected chi connectivity index (χ1v) is 9.46. The second-order valence-electron chi connectivity index (χ2n) is 7.03. The van der Waals surface area contributed by atoms with Gasteiger partial charge in [-0.25, -0.2) is 4.39 Å². The average Bonchev–Trinajstić information content (AvgIpc) is 2.68. The Hall–Kier alpha value is -2.11. The molecule has 142 valence electrons. The number of carbonyl (C=O) groups is 1. The summed E-state index contributed by atoms with van der Waals surface area (Å²) in [6.07, 6.45) is 2.30. The van der Waals surface area contributed by atoms with E-state index in [1.807, 2.05) is 6.07 Å². The first-order chi connectivity index (χ1) is 13.0. The predicted molar refractivity (Wildman–Crippen MR) is 101 cm³/mol. The number of benzene rings is 2. The highest BCUT2D eigenvalue weighted by Crippen LogP contribution is 2.42. The van der Waals surface area contributed by atoms with Gasteiger partial charge >= 0.3 is 0 Å². The maximum atomic E-state index is 13.3. The molecule has 1 spiro atoms. The SMILES string of the molecule is COc1ccc2c(c1)CCOC21CCN(C(=O)c2ccc(F)cc2Cl)CC1. The van der Waals surface area contributed by atoms with Gasteiger partial charge in [0.25, 0.3) is 5.91 Å². The summed E-state index contributed by atoms with van der Waals surface area (Å²) in [6, 6.07) is 10.0. The van der Waals surface area contributed by atoms with E-state index in [1.54, 1.807) is 12.0 Å². The molecule has 4 rings (SSSR count). The van der Waals surface area contributed by atoms with Crippen LogP contribution < -0.4 is 4.74 Å². The molecule has 6 heteroatoms. The third-order valence-corrected chi connectivity index (χ3v) is 5.89. The second kappa shape index (κ2) is 7.13. The molecule has 0 bridgehead atoms. The Morgan fingerprint density at radius 1 is 1.22 bits per heavy atom. The monoisotopic (exact) mass is 389 g/mol. The molecule has 0 saturated carbocycles. The summed E-state index contributed by atoms with van der Waals surface area (Å²) >= 11 is 6.06. The summed E-state index contributed by atoms with van der Waals surface area (Å²) in [6.45, 7) is 1.80. The maximum absolute atomic E-state index is 13.3. The summed E-state index contributed by atoms with van der Waals surface area (Å²) in [4.78, 5) is 14.6. The van der Waals surface area contributed by atoms with Crippen LogP contribution in [0.1, 0.15) is 34.3 Å². The predicted octanol–water partition coefficient (Wildman–Crippen LogP) is 4.19. The number of ether oxygens (including phenoxy) is 2. The summed E-state index contributed by atoms with van der Waals surface area (Å²) in [5, 5.41) is 0.145. The second-order valence-corrected chi connectivity index (χ2v) is 7.44. The normalized spacial score (nSPS) is 18.3. The van der Waals surface area contributed by atoms with E-state index in [9.17, 15) is 9.18 Å². The zero-order chi connectivity index (χ0) is 19.0. The van der Waals surface area contributed by atoms with E-state index in [0.29, 0.717) is 25.3 Å². The van der Waals surface area contributed by atoms with Crippen molar-refractivity contribution in [2.24, 2.45) is 0 Å². The van der Waals surface area contributed by atoms with Gasteiger partial charge in [0.1, 0.15) is 11.6 Å². The Labute approximate surface area is 162 Å². The number of piperidine rings is 1. The number of rotatable bonds is 2. The van der Waals surface area contributed by atoms with Crippen molar-refractivity contribution < 1.29 is 18.7 Å². The van der Waals surface area contributed by atoms with E-state index in [2.05, 4.69) is 12.1 Å². The van der Waals surface area contributed by atoms with Crippen LogP contribution in [0.3, 0.4) is 0 Å². The summed E-state index contributed by atoms with van der Waals surface area (Å²) in [5.74, 6) is 0.238. The van der Waals surface area contributed by atoms with E-state index in [-0.39, 0.29) is 16.5 Å². The summed E-state index contributed by atoms with van der Waals surface area (Å²) in [5.41, 5.74) is 2.43. The molecule has 0 unspecified atom stereocenters. The molecule has 0 radical (unpaired) electrons. The highest BCUT2D eigenvalue weighted by molar-refractivity contribution is 6.33. The van der Waals surface area contributed by atoms with Gasteiger partial charge in [-0.3, -0.25) is 4.79 Å². The van der Waals surface area contributed by atoms with Crippen LogP contribution in [0.4, 0.5) is 4.39 Å². The standard InChI is InChI=1S/C21H21ClFNO3/c1-26-16-3-5-18-14(12-16)6-11-27-21(18)7-9-24(10-8-21)20(25)17-4-2-15(23)13-19(17)22/h2-5,12-13H,6-11H2,1H3. The van der Waals surface area contributed by atoms with Gasteiger partial charge in [0.2, 0.25) is 0 Å². The van der Waals surface area contributed by atoms with Gasteiger partial charge in [-0.2, -0.15) is 0 Å². The number of likely N-dealkylation sites (tertiary alicyclic amines) is 1. The highest BCUT2D eigenvalue weighted by atomic mass is 35.5. The molecule has 1 saturated heterocycles. The van der Waals surface area contributed by atoms with E-state index in [4.69, 9.17) is 21.1 Å². The lowest BCUT2D eigenvalue weighted by atomic mass is 9.79. The molecule has 4 nitrogen and oxygen atoms in total. The van der Waals surface area contributed by atoms with E-state index in [1.165, 1.54) is 29.3 Å². The number of fused-ring (bicyclic) bond motifs is 2. The maximum Gasteiger partial charge on any atom is 0.255 e. The number of hydrogen-bond donors (Lipinski definition) is 0. The van der Waals surface area contributed by atoms with Crippen molar-refractivity contribution >= 4 is 17.5 Å². The van der Waals surface area contributed by atoms with Crippen molar-refractivity contribution in [2.75, 3.05) is 26.8 Å². The van der Waals surface area contributed by atoms with Crippen molar-refractivity contribution in [2.45, 2.75) is 24.9 Å². The first kappa shape index (κ1) is 18.3. The fourth-order valence-corrected chi connectivity index (χ4v) is 4.35. The van der Waals surface area contributed by atoms with Gasteiger partial charge in [0.15, 0.2) is 0 Å². The summed E-state index contributed by atoms with van der Waals surface area (Å²) in [7, 11) is 1.67. The summed E-state index contributed by atoms with van der Waals surface area (Å²) < 4.78 is 24.8. The van der Waals surface area contributed by atoms with Gasteiger partial charge in [-0.05, 0) is 60.7 Å². The van der Waals surface area contributed by atoms with Crippen molar-refractivity contribution in [1.29, 1.82) is 0 Å². The van der Waals surface area contributed by atoms with Gasteiger partial charge in [-0.15, -0.1) is 0 Å². The zero-order valence-corrected chi connectivity index (χ0v) is 15.9. The number of nitrogens with zero attached hydrogens (tertiary/aromatic N) is 1. The van der Waals surface area contributed by atoms with Gasteiger partial charge in [0, 0.05) is 13.1 Å². The molecule has 2 aromatic rings. The third kappa shape index (κ3) is 3.30. The number of hydrogen-bond acceptors (Lipinski definition) is 3. The minimum Gasteiger partial charge on any atom is -0.497 e. The van der Waals surface area contributed by atoms with Crippen molar-refractivity contribution in [3.63, 3.8) is 0 Å². The molecule has 27 heavy (non-hydrogen) atoms. The average molecular weight is 390 g/mol. The number of amides is 1. The Morgan fingerprint density at radius 3 is 2.70 bits per heavy atom. The smallest absolute Gasteiger partial charge is 0.255 e. The minimum atomic E-state index is -0.447. The Bertz CT molecular complexity index is 878. The Balaban J connectivity index is 1.53. The minimum absolute atomic E-state index is 0.145. The van der Waals surface area contributed by atoms with Crippen molar-refractivity contribution in [3.05, 3.63) is 63.9 Å². The molecule has 0 aliphatic carbocycles. The largest absolute Gasteiger partial charge is 0.497 e. The van der Waals surface area contributed by atoms with Crippen molar-refractivity contribution in [1.82, 2.24) is 4.90 Å². The van der Waals surface area contributed by atoms with Crippen LogP contribution in [0, 0.1) is 5.82 Å². The lowest BCUT2D eigenvalue weighted by Gasteiger charge is -2.45. The van der Waals surface area contributed by atoms with Crippen LogP contribution in [0.2, 0.25) is 5.02 Å². The molecule has 0 aromatic heterocycles. The lowest BCUT2D eigenvalue weighted by Crippen LogP contribution is -2.48. The fraction of sp³-hybridized carbons (Fsp3) is 0.381. The van der Waals surface area contributed by atoms with Crippen LogP contribution in [-0.2, 0) is 16.8 Å². The lowest BCUT2D eigenvalue weighted by molar-refractivity contribution is -0.0935. The fourth-order valence-electron chi connectivity index (χ4n) is 4.10. The quantitative estimate of drug-likeness (QED) is 0.773. The number of carbonyl (C=O) groups excluding carboxylic acids is 1. The van der Waals surface area contributed by atoms with Crippen LogP contribution in [-0.4, -0.2) is 37.6 Å². The molecule has 0 atom stereocenters. The Morgan fingerprint density at radius 2 is 2.00 bits per heavy atom.